The average Bonchev–Trinajstić information content (AvgIpc) is 2.46. The van der Waals surface area contributed by atoms with Crippen molar-refractivity contribution in [2.24, 2.45) is 0 Å². The Hall–Kier alpha value is -1.26. The van der Waals surface area contributed by atoms with Crippen LogP contribution in [0.3, 0.4) is 0 Å². The number of rotatable bonds is 6. The molecule has 0 aliphatic heterocycles. The molecular formula is C18H20As. The summed E-state index contributed by atoms with van der Waals surface area (Å²) in [4.78, 5) is 0. The van der Waals surface area contributed by atoms with E-state index >= 15 is 0 Å². The zero-order valence-electron chi connectivity index (χ0n) is 11.4. The van der Waals surface area contributed by atoms with E-state index in [0.29, 0.717) is 0 Å². The Morgan fingerprint density at radius 1 is 0.895 bits per heavy atom. The fourth-order valence-electron chi connectivity index (χ4n) is 1.85. The Labute approximate surface area is 123 Å². The summed E-state index contributed by atoms with van der Waals surface area (Å²) >= 11 is 0.126. The fourth-order valence-corrected chi connectivity index (χ4v) is 3.78. The van der Waals surface area contributed by atoms with E-state index in [1.165, 1.54) is 33.5 Å². The van der Waals surface area contributed by atoms with Crippen LogP contribution in [0.5, 0.6) is 0 Å². The van der Waals surface area contributed by atoms with Crippen molar-refractivity contribution in [2.45, 2.75) is 26.2 Å². The maximum absolute atomic E-state index is 2.28. The van der Waals surface area contributed by atoms with Crippen LogP contribution in [0.1, 0.15) is 31.7 Å². The number of benzene rings is 2. The summed E-state index contributed by atoms with van der Waals surface area (Å²) in [7, 11) is 0. The van der Waals surface area contributed by atoms with Gasteiger partial charge in [0.2, 0.25) is 0 Å². The van der Waals surface area contributed by atoms with Crippen molar-refractivity contribution < 1.29 is 0 Å². The molecule has 0 atom stereocenters. The number of hydrogen-bond donors (Lipinski definition) is 0. The van der Waals surface area contributed by atoms with Gasteiger partial charge in [0.25, 0.3) is 0 Å². The average molecular weight is 311 g/mol. The van der Waals surface area contributed by atoms with Gasteiger partial charge < -0.3 is 0 Å². The van der Waals surface area contributed by atoms with Crippen molar-refractivity contribution in [1.29, 1.82) is 0 Å². The molecule has 19 heavy (non-hydrogen) atoms. The summed E-state index contributed by atoms with van der Waals surface area (Å²) in [5.41, 5.74) is 1.31. The van der Waals surface area contributed by atoms with Crippen molar-refractivity contribution in [3.05, 3.63) is 66.2 Å². The van der Waals surface area contributed by atoms with Crippen LogP contribution >= 0.6 is 0 Å². The molecule has 2 rings (SSSR count). The SMILES string of the molecule is CCCC/C=C/c1ccc([As]c2ccccc2)cc1. The minimum absolute atomic E-state index is 0.126. The van der Waals surface area contributed by atoms with Crippen LogP contribution in [-0.4, -0.2) is 15.8 Å². The van der Waals surface area contributed by atoms with Gasteiger partial charge in [-0.25, -0.2) is 0 Å². The molecule has 1 heteroatoms. The molecule has 0 bridgehead atoms. The molecule has 1 radical (unpaired) electrons. The second-order valence-corrected chi connectivity index (χ2v) is 7.22. The third-order valence-electron chi connectivity index (χ3n) is 2.94. The first-order chi connectivity index (χ1) is 9.38. The second-order valence-electron chi connectivity index (χ2n) is 4.58. The third-order valence-corrected chi connectivity index (χ3v) is 5.28. The third kappa shape index (κ3) is 5.09. The van der Waals surface area contributed by atoms with E-state index in [2.05, 4.69) is 73.7 Å². The van der Waals surface area contributed by atoms with Crippen LogP contribution in [0, 0.1) is 0 Å². The summed E-state index contributed by atoms with van der Waals surface area (Å²) in [6, 6.07) is 19.8. The van der Waals surface area contributed by atoms with E-state index in [1.54, 1.807) is 0 Å². The Bertz CT molecular complexity index is 497. The van der Waals surface area contributed by atoms with Gasteiger partial charge in [0, 0.05) is 0 Å². The van der Waals surface area contributed by atoms with E-state index in [9.17, 15) is 0 Å². The Morgan fingerprint density at radius 3 is 2.26 bits per heavy atom. The Kier molecular flexibility index (Phi) is 5.97. The fraction of sp³-hybridized carbons (Fsp3) is 0.222. The molecule has 0 unspecified atom stereocenters. The summed E-state index contributed by atoms with van der Waals surface area (Å²) in [5.74, 6) is 0. The molecule has 97 valence electrons. The van der Waals surface area contributed by atoms with Crippen LogP contribution in [0.2, 0.25) is 0 Å². The first-order valence-electron chi connectivity index (χ1n) is 6.92. The van der Waals surface area contributed by atoms with E-state index in [1.807, 2.05) is 0 Å². The first-order valence-corrected chi connectivity index (χ1v) is 8.79. The van der Waals surface area contributed by atoms with Gasteiger partial charge in [0.15, 0.2) is 0 Å². The predicted octanol–water partition coefficient (Wildman–Crippen LogP) is 3.55. The van der Waals surface area contributed by atoms with Gasteiger partial charge in [0.1, 0.15) is 0 Å². The quantitative estimate of drug-likeness (QED) is 0.565. The Morgan fingerprint density at radius 2 is 1.58 bits per heavy atom. The molecule has 0 aliphatic rings. The van der Waals surface area contributed by atoms with Gasteiger partial charge in [-0.05, 0) is 0 Å². The monoisotopic (exact) mass is 311 g/mol. The molecule has 0 amide bonds. The van der Waals surface area contributed by atoms with Gasteiger partial charge in [-0.3, -0.25) is 0 Å². The standard InChI is InChI=1S/C18H20As/c1-2-3-4-6-9-16-12-14-18(15-13-16)19-17-10-7-5-8-11-17/h5-15H,2-4H2,1H3/b9-6+. The summed E-state index contributed by atoms with van der Waals surface area (Å²) < 4.78 is 2.93. The predicted molar refractivity (Wildman–Crippen MR) is 86.5 cm³/mol. The molecule has 2 aromatic rings. The van der Waals surface area contributed by atoms with Crippen molar-refractivity contribution in [2.75, 3.05) is 0 Å². The molecule has 0 spiro atoms. The van der Waals surface area contributed by atoms with Crippen LogP contribution in [-0.2, 0) is 0 Å². The van der Waals surface area contributed by atoms with Crippen LogP contribution < -0.4 is 8.70 Å². The topological polar surface area (TPSA) is 0 Å². The van der Waals surface area contributed by atoms with Gasteiger partial charge in [-0.2, -0.15) is 0 Å². The molecule has 0 aromatic heterocycles. The van der Waals surface area contributed by atoms with Gasteiger partial charge in [0.05, 0.1) is 0 Å². The van der Waals surface area contributed by atoms with Crippen molar-refractivity contribution in [3.8, 4) is 0 Å². The van der Waals surface area contributed by atoms with Crippen molar-refractivity contribution in [3.63, 3.8) is 0 Å². The van der Waals surface area contributed by atoms with E-state index in [-0.39, 0.29) is 15.8 Å². The zero-order chi connectivity index (χ0) is 13.3. The van der Waals surface area contributed by atoms with Gasteiger partial charge >= 0.3 is 123 Å². The maximum atomic E-state index is 2.28. The van der Waals surface area contributed by atoms with Crippen molar-refractivity contribution in [1.82, 2.24) is 0 Å². The van der Waals surface area contributed by atoms with E-state index < -0.39 is 0 Å². The molecule has 2 aromatic carbocycles. The normalized spacial score (nSPS) is 11.6. The molecule has 0 nitrogen and oxygen atoms in total. The second kappa shape index (κ2) is 8.02. The van der Waals surface area contributed by atoms with Gasteiger partial charge in [-0.15, -0.1) is 0 Å². The minimum atomic E-state index is 0.126. The molecular weight excluding hydrogens is 291 g/mol. The van der Waals surface area contributed by atoms with Crippen LogP contribution in [0.4, 0.5) is 0 Å². The van der Waals surface area contributed by atoms with E-state index in [0.717, 1.165) is 0 Å². The van der Waals surface area contributed by atoms with E-state index in [4.69, 9.17) is 0 Å². The summed E-state index contributed by atoms with van der Waals surface area (Å²) in [5, 5.41) is 0. The van der Waals surface area contributed by atoms with Crippen LogP contribution in [0.15, 0.2) is 60.7 Å². The Balaban J connectivity index is 1.93. The van der Waals surface area contributed by atoms with Crippen LogP contribution in [0.25, 0.3) is 6.08 Å². The molecule has 0 fully saturated rings. The number of allylic oxidation sites excluding steroid dienone is 1. The first kappa shape index (κ1) is 14.2. The number of hydrogen-bond acceptors (Lipinski definition) is 0. The summed E-state index contributed by atoms with van der Waals surface area (Å²) in [6.45, 7) is 2.23. The zero-order valence-corrected chi connectivity index (χ0v) is 13.3. The molecule has 0 saturated carbocycles. The molecule has 0 N–H and O–H groups in total. The molecule has 0 heterocycles. The molecule has 0 aliphatic carbocycles. The number of unbranched alkanes of at least 4 members (excludes halogenated alkanes) is 2. The summed E-state index contributed by atoms with van der Waals surface area (Å²) in [6.07, 6.45) is 8.26. The van der Waals surface area contributed by atoms with Crippen molar-refractivity contribution >= 4 is 30.5 Å². The molecule has 0 saturated heterocycles. The van der Waals surface area contributed by atoms with Gasteiger partial charge in [-0.1, -0.05) is 0 Å².